The van der Waals surface area contributed by atoms with E-state index in [1.807, 2.05) is 12.1 Å². The van der Waals surface area contributed by atoms with Gasteiger partial charge in [-0.15, -0.1) is 0 Å². The number of fused-ring (bicyclic) bond motifs is 1. The van der Waals surface area contributed by atoms with E-state index >= 15 is 0 Å². The van der Waals surface area contributed by atoms with Crippen LogP contribution in [0.15, 0.2) is 42.5 Å². The lowest BCUT2D eigenvalue weighted by atomic mass is 9.80. The molecule has 2 N–H and O–H groups in total. The highest BCUT2D eigenvalue weighted by Crippen LogP contribution is 2.39. The fourth-order valence-electron chi connectivity index (χ4n) is 2.85. The van der Waals surface area contributed by atoms with E-state index < -0.39 is 17.8 Å². The topological polar surface area (TPSA) is 50.4 Å². The van der Waals surface area contributed by atoms with Gasteiger partial charge in [-0.3, -0.25) is 0 Å². The first-order valence-corrected chi connectivity index (χ1v) is 8.18. The number of alkyl halides is 3. The average Bonchev–Trinajstić information content (AvgIpc) is 2.55. The molecule has 0 unspecified atom stereocenters. The number of anilines is 2. The number of carbonyl (C=O) groups is 1. The number of halogens is 3. The van der Waals surface area contributed by atoms with Crippen molar-refractivity contribution in [2.75, 3.05) is 17.2 Å². The predicted octanol–water partition coefficient (Wildman–Crippen LogP) is 5.41. The lowest BCUT2D eigenvalue weighted by Gasteiger charge is -2.32. The normalized spacial score (nSPS) is 15.6. The molecule has 2 aromatic rings. The molecular weight excluding hydrogens is 345 g/mol. The second-order valence-electron chi connectivity index (χ2n) is 6.85. The summed E-state index contributed by atoms with van der Waals surface area (Å²) in [5, 5.41) is 5.22. The molecule has 0 saturated heterocycles. The minimum atomic E-state index is -4.40. The monoisotopic (exact) mass is 364 g/mol. The summed E-state index contributed by atoms with van der Waals surface area (Å²) in [4.78, 5) is 12.1. The van der Waals surface area contributed by atoms with Gasteiger partial charge in [0.15, 0.2) is 0 Å². The number of nitrogens with one attached hydrogen (secondary N) is 2. The summed E-state index contributed by atoms with van der Waals surface area (Å²) in [5.41, 5.74) is 1.05. The molecule has 0 atom stereocenters. The molecule has 0 radical (unpaired) electrons. The van der Waals surface area contributed by atoms with E-state index in [1.165, 1.54) is 12.1 Å². The molecule has 7 heteroatoms. The Morgan fingerprint density at radius 2 is 1.65 bits per heavy atom. The summed E-state index contributed by atoms with van der Waals surface area (Å²) in [6.07, 6.45) is -3.53. The SMILES string of the molecule is CC1(C)CCOc2ccc(NC(=O)Nc3ccc(C(F)(F)F)cc3)cc21. The maximum absolute atomic E-state index is 12.6. The molecule has 0 aromatic heterocycles. The Bertz CT molecular complexity index is 815. The van der Waals surface area contributed by atoms with E-state index in [9.17, 15) is 18.0 Å². The Kier molecular flexibility index (Phi) is 4.56. The van der Waals surface area contributed by atoms with Crippen molar-refractivity contribution in [3.05, 3.63) is 53.6 Å². The standard InChI is InChI=1S/C19H19F3N2O2/c1-18(2)9-10-26-16-8-7-14(11-15(16)18)24-17(25)23-13-5-3-12(4-6-13)19(20,21)22/h3-8,11H,9-10H2,1-2H3,(H2,23,24,25). The Hall–Kier alpha value is -2.70. The lowest BCUT2D eigenvalue weighted by Crippen LogP contribution is -2.27. The van der Waals surface area contributed by atoms with Crippen LogP contribution in [0.25, 0.3) is 0 Å². The molecule has 0 fully saturated rings. The zero-order valence-electron chi connectivity index (χ0n) is 14.4. The minimum Gasteiger partial charge on any atom is -0.493 e. The summed E-state index contributed by atoms with van der Waals surface area (Å²) in [5.74, 6) is 0.801. The Morgan fingerprint density at radius 3 is 2.31 bits per heavy atom. The number of hydrogen-bond acceptors (Lipinski definition) is 2. The van der Waals surface area contributed by atoms with E-state index in [0.717, 1.165) is 29.9 Å². The smallest absolute Gasteiger partial charge is 0.416 e. The second kappa shape index (κ2) is 6.55. The highest BCUT2D eigenvalue weighted by atomic mass is 19.4. The number of hydrogen-bond donors (Lipinski definition) is 2. The summed E-state index contributed by atoms with van der Waals surface area (Å²) < 4.78 is 43.3. The molecule has 0 spiro atoms. The maximum Gasteiger partial charge on any atom is 0.416 e. The van der Waals surface area contributed by atoms with Crippen LogP contribution in [0, 0.1) is 0 Å². The van der Waals surface area contributed by atoms with Gasteiger partial charge in [-0.25, -0.2) is 4.79 Å². The molecule has 138 valence electrons. The van der Waals surface area contributed by atoms with Gasteiger partial charge < -0.3 is 15.4 Å². The molecule has 3 rings (SSSR count). The third kappa shape index (κ3) is 3.92. The molecule has 4 nitrogen and oxygen atoms in total. The predicted molar refractivity (Wildman–Crippen MR) is 93.7 cm³/mol. The maximum atomic E-state index is 12.6. The van der Waals surface area contributed by atoms with Gasteiger partial charge in [-0.2, -0.15) is 13.2 Å². The summed E-state index contributed by atoms with van der Waals surface area (Å²) >= 11 is 0. The summed E-state index contributed by atoms with van der Waals surface area (Å²) in [6, 6.07) is 9.15. The third-order valence-electron chi connectivity index (χ3n) is 4.42. The van der Waals surface area contributed by atoms with Crippen molar-refractivity contribution in [1.29, 1.82) is 0 Å². The van der Waals surface area contributed by atoms with E-state index in [0.29, 0.717) is 12.3 Å². The quantitative estimate of drug-likeness (QED) is 0.749. The van der Waals surface area contributed by atoms with Crippen LogP contribution in [0.3, 0.4) is 0 Å². The van der Waals surface area contributed by atoms with Crippen molar-refractivity contribution in [3.8, 4) is 5.75 Å². The van der Waals surface area contributed by atoms with Crippen LogP contribution in [0.1, 0.15) is 31.4 Å². The van der Waals surface area contributed by atoms with Gasteiger partial charge in [0.25, 0.3) is 0 Å². The van der Waals surface area contributed by atoms with E-state index in [2.05, 4.69) is 24.5 Å². The van der Waals surface area contributed by atoms with Gasteiger partial charge in [0.1, 0.15) is 5.75 Å². The van der Waals surface area contributed by atoms with Crippen molar-refractivity contribution in [2.24, 2.45) is 0 Å². The molecule has 1 aliphatic heterocycles. The van der Waals surface area contributed by atoms with Gasteiger partial charge in [0, 0.05) is 16.9 Å². The largest absolute Gasteiger partial charge is 0.493 e. The zero-order valence-corrected chi connectivity index (χ0v) is 14.4. The highest BCUT2D eigenvalue weighted by Gasteiger charge is 2.30. The Balaban J connectivity index is 1.69. The van der Waals surface area contributed by atoms with Crippen LogP contribution < -0.4 is 15.4 Å². The van der Waals surface area contributed by atoms with Gasteiger partial charge in [0.05, 0.1) is 12.2 Å². The van der Waals surface area contributed by atoms with Crippen LogP contribution >= 0.6 is 0 Å². The third-order valence-corrected chi connectivity index (χ3v) is 4.42. The zero-order chi connectivity index (χ0) is 18.9. The van der Waals surface area contributed by atoms with E-state index in [1.54, 1.807) is 6.07 Å². The first-order chi connectivity index (χ1) is 12.1. The van der Waals surface area contributed by atoms with Crippen LogP contribution in [-0.4, -0.2) is 12.6 Å². The van der Waals surface area contributed by atoms with Crippen molar-refractivity contribution in [2.45, 2.75) is 31.9 Å². The van der Waals surface area contributed by atoms with Crippen molar-refractivity contribution in [1.82, 2.24) is 0 Å². The number of carbonyl (C=O) groups excluding carboxylic acids is 1. The molecule has 26 heavy (non-hydrogen) atoms. The van der Waals surface area contributed by atoms with Crippen LogP contribution in [-0.2, 0) is 11.6 Å². The number of urea groups is 1. The molecule has 1 aliphatic rings. The minimum absolute atomic E-state index is 0.0603. The van der Waals surface area contributed by atoms with Gasteiger partial charge in [-0.05, 0) is 54.3 Å². The fraction of sp³-hybridized carbons (Fsp3) is 0.316. The first-order valence-electron chi connectivity index (χ1n) is 8.18. The van der Waals surface area contributed by atoms with Crippen LogP contribution in [0.2, 0.25) is 0 Å². The molecule has 2 amide bonds. The first kappa shape index (κ1) is 18.1. The van der Waals surface area contributed by atoms with E-state index in [-0.39, 0.29) is 11.1 Å². The number of rotatable bonds is 2. The molecule has 0 bridgehead atoms. The Labute approximate surface area is 149 Å². The van der Waals surface area contributed by atoms with Gasteiger partial charge in [-0.1, -0.05) is 13.8 Å². The molecular formula is C19H19F3N2O2. The number of benzene rings is 2. The molecule has 2 aromatic carbocycles. The van der Waals surface area contributed by atoms with Crippen molar-refractivity contribution in [3.63, 3.8) is 0 Å². The lowest BCUT2D eigenvalue weighted by molar-refractivity contribution is -0.137. The summed E-state index contributed by atoms with van der Waals surface area (Å²) in [6.45, 7) is 4.88. The van der Waals surface area contributed by atoms with Gasteiger partial charge in [0.2, 0.25) is 0 Å². The van der Waals surface area contributed by atoms with Crippen LogP contribution in [0.4, 0.5) is 29.3 Å². The van der Waals surface area contributed by atoms with Crippen molar-refractivity contribution >= 4 is 17.4 Å². The number of ether oxygens (including phenoxy) is 1. The number of amides is 2. The highest BCUT2D eigenvalue weighted by molar-refractivity contribution is 5.99. The Morgan fingerprint density at radius 1 is 1.04 bits per heavy atom. The van der Waals surface area contributed by atoms with E-state index in [4.69, 9.17) is 4.74 Å². The van der Waals surface area contributed by atoms with Crippen LogP contribution in [0.5, 0.6) is 5.75 Å². The summed E-state index contributed by atoms with van der Waals surface area (Å²) in [7, 11) is 0. The fourth-order valence-corrected chi connectivity index (χ4v) is 2.85. The van der Waals surface area contributed by atoms with Gasteiger partial charge >= 0.3 is 12.2 Å². The average molecular weight is 364 g/mol. The second-order valence-corrected chi connectivity index (χ2v) is 6.85. The van der Waals surface area contributed by atoms with Crippen molar-refractivity contribution < 1.29 is 22.7 Å². The molecule has 1 heterocycles. The molecule has 0 aliphatic carbocycles. The molecule has 0 saturated carbocycles.